The number of carbonyl (C=O) groups is 2. The summed E-state index contributed by atoms with van der Waals surface area (Å²) in [6.07, 6.45) is 0.967. The second-order valence-corrected chi connectivity index (χ2v) is 6.06. The van der Waals surface area contributed by atoms with Gasteiger partial charge in [-0.05, 0) is 24.6 Å². The van der Waals surface area contributed by atoms with Crippen LogP contribution in [0, 0.1) is 5.82 Å². The number of hydrogen-bond donors (Lipinski definition) is 1. The van der Waals surface area contributed by atoms with E-state index in [1.54, 1.807) is 4.90 Å². The summed E-state index contributed by atoms with van der Waals surface area (Å²) in [5.41, 5.74) is -0.212. The van der Waals surface area contributed by atoms with Gasteiger partial charge in [-0.1, -0.05) is 6.92 Å². The van der Waals surface area contributed by atoms with E-state index in [1.807, 2.05) is 11.8 Å². The number of thioether (sulfide) groups is 1. The molecular weight excluding hydrogens is 281 g/mol. The van der Waals surface area contributed by atoms with Crippen molar-refractivity contribution < 1.29 is 19.1 Å². The summed E-state index contributed by atoms with van der Waals surface area (Å²) in [6, 6.07) is 3.41. The van der Waals surface area contributed by atoms with Crippen LogP contribution in [0.25, 0.3) is 0 Å². The maximum absolute atomic E-state index is 13.9. The van der Waals surface area contributed by atoms with E-state index >= 15 is 0 Å². The van der Waals surface area contributed by atoms with E-state index in [1.165, 1.54) is 12.1 Å². The molecule has 6 heteroatoms. The molecule has 1 N–H and O–H groups in total. The number of rotatable bonds is 3. The van der Waals surface area contributed by atoms with Gasteiger partial charge in [-0.3, -0.25) is 4.79 Å². The maximum atomic E-state index is 13.9. The molecule has 1 unspecified atom stereocenters. The fraction of sp³-hybridized carbons (Fsp3) is 0.429. The number of carboxylic acid groups (broad SMARTS) is 1. The van der Waals surface area contributed by atoms with E-state index in [9.17, 15) is 14.0 Å². The van der Waals surface area contributed by atoms with Crippen LogP contribution in [-0.2, 0) is 0 Å². The highest BCUT2D eigenvalue weighted by molar-refractivity contribution is 8.00. The van der Waals surface area contributed by atoms with Gasteiger partial charge in [0.2, 0.25) is 0 Å². The van der Waals surface area contributed by atoms with E-state index in [0.29, 0.717) is 18.3 Å². The fourth-order valence-corrected chi connectivity index (χ4v) is 3.32. The fourth-order valence-electron chi connectivity index (χ4n) is 2.14. The average molecular weight is 297 g/mol. The monoisotopic (exact) mass is 297 g/mol. The van der Waals surface area contributed by atoms with Crippen LogP contribution < -0.4 is 0 Å². The van der Waals surface area contributed by atoms with Gasteiger partial charge in [-0.25, -0.2) is 9.18 Å². The highest BCUT2D eigenvalue weighted by atomic mass is 32.2. The van der Waals surface area contributed by atoms with E-state index in [2.05, 4.69) is 6.92 Å². The van der Waals surface area contributed by atoms with Crippen LogP contribution in [0.4, 0.5) is 4.39 Å². The first kappa shape index (κ1) is 14.8. The van der Waals surface area contributed by atoms with Crippen molar-refractivity contribution in [3.05, 3.63) is 35.1 Å². The number of carbonyl (C=O) groups excluding carboxylic acids is 1. The third-order valence-corrected chi connectivity index (χ3v) is 4.70. The van der Waals surface area contributed by atoms with Gasteiger partial charge in [0.25, 0.3) is 5.91 Å². The molecule has 0 aromatic heterocycles. The average Bonchev–Trinajstić information content (AvgIpc) is 2.46. The smallest absolute Gasteiger partial charge is 0.335 e. The Hall–Kier alpha value is -1.56. The summed E-state index contributed by atoms with van der Waals surface area (Å²) >= 11 is 1.82. The second kappa shape index (κ2) is 6.26. The number of amides is 1. The molecule has 1 fully saturated rings. The van der Waals surface area contributed by atoms with Crippen LogP contribution in [0.15, 0.2) is 18.2 Å². The van der Waals surface area contributed by atoms with Crippen molar-refractivity contribution in [1.29, 1.82) is 0 Å². The second-order valence-electron chi connectivity index (χ2n) is 4.65. The molecule has 1 heterocycles. The molecule has 0 aliphatic carbocycles. The molecule has 1 atom stereocenters. The molecule has 0 spiro atoms. The van der Waals surface area contributed by atoms with Gasteiger partial charge in [-0.15, -0.1) is 0 Å². The van der Waals surface area contributed by atoms with Gasteiger partial charge in [0.15, 0.2) is 0 Å². The van der Waals surface area contributed by atoms with E-state index in [0.717, 1.165) is 18.2 Å². The van der Waals surface area contributed by atoms with Crippen LogP contribution in [0.5, 0.6) is 0 Å². The van der Waals surface area contributed by atoms with E-state index in [4.69, 9.17) is 5.11 Å². The Morgan fingerprint density at radius 2 is 2.25 bits per heavy atom. The number of aromatic carboxylic acids is 1. The Labute approximate surface area is 121 Å². The molecule has 20 heavy (non-hydrogen) atoms. The van der Waals surface area contributed by atoms with E-state index < -0.39 is 11.8 Å². The Kier molecular flexibility index (Phi) is 4.65. The van der Waals surface area contributed by atoms with Gasteiger partial charge in [-0.2, -0.15) is 11.8 Å². The Bertz CT molecular complexity index is 535. The lowest BCUT2D eigenvalue weighted by Crippen LogP contribution is -2.42. The van der Waals surface area contributed by atoms with Crippen molar-refractivity contribution in [3.8, 4) is 0 Å². The normalized spacial score (nSPS) is 18.9. The molecule has 1 aromatic carbocycles. The highest BCUT2D eigenvalue weighted by Crippen LogP contribution is 2.23. The van der Waals surface area contributed by atoms with Crippen LogP contribution in [0.3, 0.4) is 0 Å². The lowest BCUT2D eigenvalue weighted by Gasteiger charge is -2.32. The standard InChI is InChI=1S/C14H16FNO3S/c1-2-10-8-16(5-6-20-10)13(17)11-4-3-9(14(18)19)7-12(11)15/h3-4,7,10H,2,5-6,8H2,1H3,(H,18,19). The SMILES string of the molecule is CCC1CN(C(=O)c2ccc(C(=O)O)cc2F)CCS1. The van der Waals surface area contributed by atoms with Crippen molar-refractivity contribution >= 4 is 23.6 Å². The maximum Gasteiger partial charge on any atom is 0.335 e. The minimum absolute atomic E-state index is 0.0586. The van der Waals surface area contributed by atoms with Gasteiger partial charge < -0.3 is 10.0 Å². The zero-order chi connectivity index (χ0) is 14.7. The predicted molar refractivity (Wildman–Crippen MR) is 75.8 cm³/mol. The quantitative estimate of drug-likeness (QED) is 0.931. The summed E-state index contributed by atoms with van der Waals surface area (Å²) in [4.78, 5) is 24.7. The zero-order valence-electron chi connectivity index (χ0n) is 11.1. The van der Waals surface area contributed by atoms with Crippen LogP contribution >= 0.6 is 11.8 Å². The van der Waals surface area contributed by atoms with Gasteiger partial charge >= 0.3 is 5.97 Å². The first-order valence-electron chi connectivity index (χ1n) is 6.46. The molecule has 2 rings (SSSR count). The Morgan fingerprint density at radius 1 is 1.50 bits per heavy atom. The lowest BCUT2D eigenvalue weighted by atomic mass is 10.1. The van der Waals surface area contributed by atoms with Crippen molar-refractivity contribution in [2.45, 2.75) is 18.6 Å². The first-order chi connectivity index (χ1) is 9.52. The number of benzene rings is 1. The van der Waals surface area contributed by atoms with Crippen molar-refractivity contribution in [2.24, 2.45) is 0 Å². The van der Waals surface area contributed by atoms with Crippen molar-refractivity contribution in [3.63, 3.8) is 0 Å². The van der Waals surface area contributed by atoms with Crippen LogP contribution in [-0.4, -0.2) is 46.0 Å². The Balaban J connectivity index is 2.18. The number of nitrogens with zero attached hydrogens (tertiary/aromatic N) is 1. The first-order valence-corrected chi connectivity index (χ1v) is 7.51. The highest BCUT2D eigenvalue weighted by Gasteiger charge is 2.25. The van der Waals surface area contributed by atoms with Crippen LogP contribution in [0.2, 0.25) is 0 Å². The van der Waals surface area contributed by atoms with Crippen molar-refractivity contribution in [1.82, 2.24) is 4.90 Å². The third kappa shape index (κ3) is 3.12. The van der Waals surface area contributed by atoms with Crippen molar-refractivity contribution in [2.75, 3.05) is 18.8 Å². The minimum atomic E-state index is -1.21. The Morgan fingerprint density at radius 3 is 2.85 bits per heavy atom. The molecule has 1 aliphatic heterocycles. The molecule has 1 saturated heterocycles. The summed E-state index contributed by atoms with van der Waals surface area (Å²) in [7, 11) is 0. The predicted octanol–water partition coefficient (Wildman–Crippen LogP) is 2.49. The largest absolute Gasteiger partial charge is 0.478 e. The molecular formula is C14H16FNO3S. The van der Waals surface area contributed by atoms with Gasteiger partial charge in [0.05, 0.1) is 11.1 Å². The summed E-state index contributed by atoms with van der Waals surface area (Å²) in [5, 5.41) is 9.17. The molecule has 1 aromatic rings. The molecule has 0 radical (unpaired) electrons. The third-order valence-electron chi connectivity index (χ3n) is 3.33. The lowest BCUT2D eigenvalue weighted by molar-refractivity contribution is 0.0692. The molecule has 1 aliphatic rings. The van der Waals surface area contributed by atoms with Crippen LogP contribution in [0.1, 0.15) is 34.1 Å². The minimum Gasteiger partial charge on any atom is -0.478 e. The molecule has 0 saturated carbocycles. The van der Waals surface area contributed by atoms with Gasteiger partial charge in [0, 0.05) is 24.1 Å². The number of carboxylic acids is 1. The topological polar surface area (TPSA) is 57.6 Å². The summed E-state index contributed by atoms with van der Waals surface area (Å²) in [6.45, 7) is 3.27. The number of halogens is 1. The number of hydrogen-bond acceptors (Lipinski definition) is 3. The summed E-state index contributed by atoms with van der Waals surface area (Å²) in [5.74, 6) is -1.50. The zero-order valence-corrected chi connectivity index (χ0v) is 12.0. The molecule has 1 amide bonds. The van der Waals surface area contributed by atoms with Gasteiger partial charge in [0.1, 0.15) is 5.82 Å². The van der Waals surface area contributed by atoms with E-state index in [-0.39, 0.29) is 17.0 Å². The molecule has 4 nitrogen and oxygen atoms in total. The summed E-state index contributed by atoms with van der Waals surface area (Å²) < 4.78 is 13.9. The molecule has 108 valence electrons. The molecule has 0 bridgehead atoms.